The van der Waals surface area contributed by atoms with Gasteiger partial charge in [0.25, 0.3) is 0 Å². The van der Waals surface area contributed by atoms with Gasteiger partial charge in [0.2, 0.25) is 5.91 Å². The summed E-state index contributed by atoms with van der Waals surface area (Å²) in [5, 5.41) is 13.0. The lowest BCUT2D eigenvalue weighted by Gasteiger charge is -2.49. The van der Waals surface area contributed by atoms with Crippen LogP contribution in [-0.4, -0.2) is 28.5 Å². The van der Waals surface area contributed by atoms with Gasteiger partial charge in [-0.3, -0.25) is 4.79 Å². The lowest BCUT2D eigenvalue weighted by Crippen LogP contribution is -2.61. The number of alkyl halides is 1. The Hall–Kier alpha value is -0.0900. The monoisotopic (exact) mass is 249 g/mol. The number of aliphatic hydroxyl groups is 1. The third kappa shape index (κ3) is 2.23. The van der Waals surface area contributed by atoms with E-state index in [-0.39, 0.29) is 23.5 Å². The summed E-state index contributed by atoms with van der Waals surface area (Å²) in [5.41, 5.74) is -0.165. The van der Waals surface area contributed by atoms with E-state index in [1.807, 2.05) is 13.8 Å². The quantitative estimate of drug-likeness (QED) is 0.735. The van der Waals surface area contributed by atoms with Gasteiger partial charge in [0.05, 0.1) is 6.10 Å². The molecule has 0 heterocycles. The highest BCUT2D eigenvalue weighted by molar-refractivity contribution is 9.09. The van der Waals surface area contributed by atoms with Gasteiger partial charge in [0.1, 0.15) is 0 Å². The van der Waals surface area contributed by atoms with Crippen LogP contribution in [0.5, 0.6) is 0 Å². The third-order valence-corrected chi connectivity index (χ3v) is 3.27. The van der Waals surface area contributed by atoms with Crippen LogP contribution in [0.2, 0.25) is 0 Å². The molecule has 0 aromatic heterocycles. The van der Waals surface area contributed by atoms with Crippen molar-refractivity contribution in [1.82, 2.24) is 5.32 Å². The Morgan fingerprint density at radius 1 is 1.69 bits per heavy atom. The number of halogens is 1. The van der Waals surface area contributed by atoms with Gasteiger partial charge in [-0.25, -0.2) is 0 Å². The molecule has 2 unspecified atom stereocenters. The van der Waals surface area contributed by atoms with Gasteiger partial charge in [-0.1, -0.05) is 29.8 Å². The Morgan fingerprint density at radius 3 is 2.69 bits per heavy atom. The van der Waals surface area contributed by atoms with Gasteiger partial charge in [-0.15, -0.1) is 0 Å². The maximum Gasteiger partial charge on any atom is 0.221 e. The molecule has 0 radical (unpaired) electrons. The Labute approximate surface area is 87.0 Å². The summed E-state index contributed by atoms with van der Waals surface area (Å²) in [5.74, 6) is 0.0573. The minimum absolute atomic E-state index is 0.0573. The fraction of sp³-hybridized carbons (Fsp3) is 0.889. The average Bonchev–Trinajstić information content (AvgIpc) is 2.04. The van der Waals surface area contributed by atoms with Crippen LogP contribution in [0.1, 0.15) is 26.7 Å². The molecule has 13 heavy (non-hydrogen) atoms. The van der Waals surface area contributed by atoms with Gasteiger partial charge in [0, 0.05) is 23.2 Å². The van der Waals surface area contributed by atoms with Crippen LogP contribution in [0.3, 0.4) is 0 Å². The molecule has 0 aromatic rings. The number of rotatable bonds is 3. The first-order valence-electron chi connectivity index (χ1n) is 4.52. The number of amides is 1. The van der Waals surface area contributed by atoms with E-state index in [0.29, 0.717) is 18.2 Å². The zero-order valence-corrected chi connectivity index (χ0v) is 9.60. The van der Waals surface area contributed by atoms with Crippen LogP contribution < -0.4 is 5.32 Å². The molecule has 1 rings (SSSR count). The van der Waals surface area contributed by atoms with Crippen molar-refractivity contribution in [3.8, 4) is 0 Å². The average molecular weight is 250 g/mol. The predicted molar refractivity (Wildman–Crippen MR) is 54.7 cm³/mol. The van der Waals surface area contributed by atoms with Crippen molar-refractivity contribution in [2.75, 3.05) is 5.33 Å². The number of hydrogen-bond donors (Lipinski definition) is 2. The highest BCUT2D eigenvalue weighted by Crippen LogP contribution is 2.40. The fourth-order valence-corrected chi connectivity index (χ4v) is 1.86. The Kier molecular flexibility index (Phi) is 3.35. The SMILES string of the molecule is CC1(C)C(O)CC1NC(=O)CCBr. The zero-order chi connectivity index (χ0) is 10.1. The minimum Gasteiger partial charge on any atom is -0.392 e. The van der Waals surface area contributed by atoms with Crippen molar-refractivity contribution in [3.05, 3.63) is 0 Å². The Bertz CT molecular complexity index is 206. The number of carbonyl (C=O) groups excluding carboxylic acids is 1. The molecule has 1 aliphatic rings. The fourth-order valence-electron chi connectivity index (χ4n) is 1.50. The molecule has 0 aromatic carbocycles. The molecule has 1 aliphatic carbocycles. The van der Waals surface area contributed by atoms with Gasteiger partial charge in [0.15, 0.2) is 0 Å². The summed E-state index contributed by atoms with van der Waals surface area (Å²) in [6, 6.07) is 0.133. The van der Waals surface area contributed by atoms with Crippen molar-refractivity contribution in [2.45, 2.75) is 38.8 Å². The normalized spacial score (nSPS) is 30.8. The van der Waals surface area contributed by atoms with Gasteiger partial charge in [-0.2, -0.15) is 0 Å². The molecule has 0 aliphatic heterocycles. The van der Waals surface area contributed by atoms with E-state index < -0.39 is 0 Å². The molecule has 76 valence electrons. The number of carbonyl (C=O) groups is 1. The predicted octanol–water partition coefficient (Wildman–Crippen LogP) is 1.05. The zero-order valence-electron chi connectivity index (χ0n) is 8.01. The van der Waals surface area contributed by atoms with Gasteiger partial charge < -0.3 is 10.4 Å². The summed E-state index contributed by atoms with van der Waals surface area (Å²) in [7, 11) is 0. The number of nitrogens with one attached hydrogen (secondary N) is 1. The van der Waals surface area contributed by atoms with Crippen LogP contribution in [-0.2, 0) is 4.79 Å². The smallest absolute Gasteiger partial charge is 0.221 e. The van der Waals surface area contributed by atoms with Crippen molar-refractivity contribution >= 4 is 21.8 Å². The number of hydrogen-bond acceptors (Lipinski definition) is 2. The van der Waals surface area contributed by atoms with Crippen molar-refractivity contribution in [3.63, 3.8) is 0 Å². The van der Waals surface area contributed by atoms with E-state index in [1.165, 1.54) is 0 Å². The topological polar surface area (TPSA) is 49.3 Å². The lowest BCUT2D eigenvalue weighted by molar-refractivity contribution is -0.128. The summed E-state index contributed by atoms with van der Waals surface area (Å²) in [6.45, 7) is 3.94. The second kappa shape index (κ2) is 3.96. The van der Waals surface area contributed by atoms with E-state index in [1.54, 1.807) is 0 Å². The third-order valence-electron chi connectivity index (χ3n) is 2.87. The second-order valence-corrected chi connectivity index (χ2v) is 4.92. The van der Waals surface area contributed by atoms with Crippen LogP contribution in [0.15, 0.2) is 0 Å². The molecule has 2 atom stereocenters. The minimum atomic E-state index is -0.276. The Morgan fingerprint density at radius 2 is 2.31 bits per heavy atom. The van der Waals surface area contributed by atoms with Crippen molar-refractivity contribution < 1.29 is 9.90 Å². The van der Waals surface area contributed by atoms with Gasteiger partial charge >= 0.3 is 0 Å². The largest absolute Gasteiger partial charge is 0.392 e. The summed E-state index contributed by atoms with van der Waals surface area (Å²) < 4.78 is 0. The first-order chi connectivity index (χ1) is 5.98. The van der Waals surface area contributed by atoms with E-state index in [4.69, 9.17) is 0 Å². The van der Waals surface area contributed by atoms with E-state index in [9.17, 15) is 9.90 Å². The molecule has 4 heteroatoms. The highest BCUT2D eigenvalue weighted by atomic mass is 79.9. The first-order valence-corrected chi connectivity index (χ1v) is 5.64. The lowest BCUT2D eigenvalue weighted by atomic mass is 9.64. The van der Waals surface area contributed by atoms with Crippen LogP contribution in [0.25, 0.3) is 0 Å². The standard InChI is InChI=1S/C9H16BrNO2/c1-9(2)6(5-7(9)12)11-8(13)3-4-10/h6-7,12H,3-5H2,1-2H3,(H,11,13). The summed E-state index contributed by atoms with van der Waals surface area (Å²) in [6.07, 6.45) is 0.908. The molecular weight excluding hydrogens is 234 g/mol. The molecule has 0 spiro atoms. The molecular formula is C9H16BrNO2. The van der Waals surface area contributed by atoms with E-state index in [0.717, 1.165) is 0 Å². The number of aliphatic hydroxyl groups excluding tert-OH is 1. The first kappa shape index (κ1) is 11.0. The molecule has 1 amide bonds. The molecule has 0 bridgehead atoms. The van der Waals surface area contributed by atoms with E-state index in [2.05, 4.69) is 21.2 Å². The maximum atomic E-state index is 11.2. The maximum absolute atomic E-state index is 11.2. The molecule has 2 N–H and O–H groups in total. The Balaban J connectivity index is 2.36. The van der Waals surface area contributed by atoms with Crippen LogP contribution >= 0.6 is 15.9 Å². The van der Waals surface area contributed by atoms with E-state index >= 15 is 0 Å². The van der Waals surface area contributed by atoms with Crippen LogP contribution in [0, 0.1) is 5.41 Å². The second-order valence-electron chi connectivity index (χ2n) is 4.13. The van der Waals surface area contributed by atoms with Crippen LogP contribution in [0.4, 0.5) is 0 Å². The van der Waals surface area contributed by atoms with Crippen molar-refractivity contribution in [2.24, 2.45) is 5.41 Å². The molecule has 1 fully saturated rings. The summed E-state index contributed by atoms with van der Waals surface area (Å²) in [4.78, 5) is 11.2. The molecule has 0 saturated heterocycles. The molecule has 1 saturated carbocycles. The molecule has 3 nitrogen and oxygen atoms in total. The highest BCUT2D eigenvalue weighted by Gasteiger charge is 2.47. The van der Waals surface area contributed by atoms with Crippen molar-refractivity contribution in [1.29, 1.82) is 0 Å². The summed E-state index contributed by atoms with van der Waals surface area (Å²) >= 11 is 3.21. The van der Waals surface area contributed by atoms with Gasteiger partial charge in [-0.05, 0) is 6.42 Å².